The fourth-order valence-corrected chi connectivity index (χ4v) is 4.44. The lowest BCUT2D eigenvalue weighted by Gasteiger charge is -2.30. The maximum atomic E-state index is 13.4. The summed E-state index contributed by atoms with van der Waals surface area (Å²) in [6, 6.07) is 11.9. The molecule has 34 heavy (non-hydrogen) atoms. The van der Waals surface area contributed by atoms with E-state index in [0.29, 0.717) is 5.75 Å². The summed E-state index contributed by atoms with van der Waals surface area (Å²) in [7, 11) is 0. The third kappa shape index (κ3) is 7.03. The van der Waals surface area contributed by atoms with E-state index in [1.807, 2.05) is 51.1 Å². The highest BCUT2D eigenvalue weighted by molar-refractivity contribution is 5.90. The van der Waals surface area contributed by atoms with Crippen LogP contribution in [0.25, 0.3) is 0 Å². The van der Waals surface area contributed by atoms with Crippen molar-refractivity contribution in [1.29, 1.82) is 0 Å². The minimum atomic E-state index is -0.625. The van der Waals surface area contributed by atoms with Gasteiger partial charge in [-0.3, -0.25) is 4.90 Å². The van der Waals surface area contributed by atoms with Crippen LogP contribution in [-0.2, 0) is 24.0 Å². The molecule has 0 fully saturated rings. The molecule has 0 radical (unpaired) electrons. The highest BCUT2D eigenvalue weighted by Crippen LogP contribution is 2.40. The molecule has 0 unspecified atom stereocenters. The summed E-state index contributed by atoms with van der Waals surface area (Å²) in [6.45, 7) is 8.00. The first-order valence-corrected chi connectivity index (χ1v) is 12.7. The molecule has 2 aromatic carbocycles. The average Bonchev–Trinajstić information content (AvgIpc) is 2.80. The van der Waals surface area contributed by atoms with Crippen LogP contribution in [-0.4, -0.2) is 23.3 Å². The number of carbonyl (C=O) groups excluding carboxylic acids is 1. The number of fused-ring (bicyclic) bond motifs is 1. The number of carbonyl (C=O) groups is 1. The quantitative estimate of drug-likeness (QED) is 0.351. The number of amides is 1. The molecular weight excluding hydrogens is 422 g/mol. The SMILES string of the molecule is CCCCCCc1c(N(CC#Cc2ccccc2)C(=O)OC(C)(C)C)cc2c(c1O)CCCC2. The molecule has 0 spiro atoms. The van der Waals surface area contributed by atoms with Crippen LogP contribution in [0.4, 0.5) is 10.5 Å². The van der Waals surface area contributed by atoms with Gasteiger partial charge >= 0.3 is 6.09 Å². The highest BCUT2D eigenvalue weighted by Gasteiger charge is 2.28. The van der Waals surface area contributed by atoms with Crippen molar-refractivity contribution < 1.29 is 14.6 Å². The second-order valence-corrected chi connectivity index (χ2v) is 10.1. The van der Waals surface area contributed by atoms with Gasteiger partial charge in [-0.05, 0) is 88.6 Å². The van der Waals surface area contributed by atoms with E-state index in [4.69, 9.17) is 4.74 Å². The number of aromatic hydroxyl groups is 1. The first-order valence-electron chi connectivity index (χ1n) is 12.7. The van der Waals surface area contributed by atoms with Crippen LogP contribution in [0, 0.1) is 11.8 Å². The first kappa shape index (κ1) is 25.7. The van der Waals surface area contributed by atoms with Crippen molar-refractivity contribution in [3.63, 3.8) is 0 Å². The number of benzene rings is 2. The van der Waals surface area contributed by atoms with Gasteiger partial charge in [-0.15, -0.1) is 0 Å². The number of phenols is 1. The summed E-state index contributed by atoms with van der Waals surface area (Å²) in [5, 5.41) is 11.3. The van der Waals surface area contributed by atoms with Gasteiger partial charge in [0, 0.05) is 11.1 Å². The Labute approximate surface area is 205 Å². The van der Waals surface area contributed by atoms with Crippen LogP contribution in [0.5, 0.6) is 5.75 Å². The standard InChI is InChI=1S/C30H39NO3/c1-5-6-7-11-20-26-27(22-24-18-12-13-19-25(24)28(26)32)31(29(33)34-30(2,3)4)21-14-17-23-15-9-8-10-16-23/h8-10,15-16,22,32H,5-7,11-13,18-21H2,1-4H3. The van der Waals surface area contributed by atoms with Crippen molar-refractivity contribution in [2.45, 2.75) is 91.1 Å². The first-order chi connectivity index (χ1) is 16.3. The molecule has 1 N–H and O–H groups in total. The Kier molecular flexibility index (Phi) is 9.05. The number of aryl methyl sites for hydroxylation is 1. The summed E-state index contributed by atoms with van der Waals surface area (Å²) in [4.78, 5) is 15.0. The predicted molar refractivity (Wildman–Crippen MR) is 139 cm³/mol. The minimum Gasteiger partial charge on any atom is -0.507 e. The van der Waals surface area contributed by atoms with E-state index in [9.17, 15) is 9.90 Å². The summed E-state index contributed by atoms with van der Waals surface area (Å²) < 4.78 is 5.78. The second kappa shape index (κ2) is 12.0. The Bertz CT molecular complexity index is 1020. The molecule has 0 heterocycles. The molecule has 3 rings (SSSR count). The van der Waals surface area contributed by atoms with E-state index in [0.717, 1.165) is 79.3 Å². The molecule has 4 heteroatoms. The van der Waals surface area contributed by atoms with Crippen LogP contribution in [0.1, 0.15) is 88.5 Å². The largest absolute Gasteiger partial charge is 0.507 e. The second-order valence-electron chi connectivity index (χ2n) is 10.1. The summed E-state index contributed by atoms with van der Waals surface area (Å²) in [5.74, 6) is 6.69. The summed E-state index contributed by atoms with van der Waals surface area (Å²) in [5.41, 5.74) is 4.07. The van der Waals surface area contributed by atoms with Gasteiger partial charge < -0.3 is 9.84 Å². The van der Waals surface area contributed by atoms with Gasteiger partial charge in [-0.25, -0.2) is 4.79 Å². The van der Waals surface area contributed by atoms with Crippen LogP contribution in [0.3, 0.4) is 0 Å². The molecule has 2 aromatic rings. The molecule has 0 saturated carbocycles. The normalized spacial score (nSPS) is 12.9. The van der Waals surface area contributed by atoms with Gasteiger partial charge in [0.15, 0.2) is 0 Å². The molecule has 4 nitrogen and oxygen atoms in total. The number of hydrogen-bond acceptors (Lipinski definition) is 3. The molecule has 0 aliphatic heterocycles. The zero-order valence-corrected chi connectivity index (χ0v) is 21.2. The molecule has 0 atom stereocenters. The van der Waals surface area contributed by atoms with Crippen LogP contribution < -0.4 is 4.90 Å². The minimum absolute atomic E-state index is 0.198. The van der Waals surface area contributed by atoms with Crippen LogP contribution >= 0.6 is 0 Å². The number of hydrogen-bond donors (Lipinski definition) is 1. The topological polar surface area (TPSA) is 49.8 Å². The van der Waals surface area contributed by atoms with E-state index in [-0.39, 0.29) is 6.54 Å². The molecule has 1 amide bonds. The molecule has 0 bridgehead atoms. The van der Waals surface area contributed by atoms with E-state index in [1.165, 1.54) is 6.42 Å². The fraction of sp³-hybridized carbons (Fsp3) is 0.500. The number of anilines is 1. The van der Waals surface area contributed by atoms with Crippen molar-refractivity contribution in [3.8, 4) is 17.6 Å². The molecule has 0 aromatic heterocycles. The molecule has 0 saturated heterocycles. The molecular formula is C30H39NO3. The Morgan fingerprint density at radius 1 is 1.09 bits per heavy atom. The average molecular weight is 462 g/mol. The lowest BCUT2D eigenvalue weighted by atomic mass is 9.87. The van der Waals surface area contributed by atoms with Gasteiger partial charge in [0.25, 0.3) is 0 Å². The van der Waals surface area contributed by atoms with E-state index >= 15 is 0 Å². The lowest BCUT2D eigenvalue weighted by Crippen LogP contribution is -2.38. The maximum Gasteiger partial charge on any atom is 0.415 e. The number of phenolic OH excluding ortho intramolecular Hbond substituents is 1. The zero-order valence-electron chi connectivity index (χ0n) is 21.2. The fourth-order valence-electron chi connectivity index (χ4n) is 4.44. The van der Waals surface area contributed by atoms with Crippen molar-refractivity contribution in [2.75, 3.05) is 11.4 Å². The Hall–Kier alpha value is -2.93. The van der Waals surface area contributed by atoms with Crippen molar-refractivity contribution in [2.24, 2.45) is 0 Å². The van der Waals surface area contributed by atoms with Gasteiger partial charge in [0.05, 0.1) is 12.2 Å². The molecule has 182 valence electrons. The maximum absolute atomic E-state index is 13.4. The van der Waals surface area contributed by atoms with Gasteiger partial charge in [-0.2, -0.15) is 0 Å². The van der Waals surface area contributed by atoms with E-state index in [1.54, 1.807) is 4.90 Å². The van der Waals surface area contributed by atoms with E-state index in [2.05, 4.69) is 24.8 Å². The Balaban J connectivity index is 2.02. The smallest absolute Gasteiger partial charge is 0.415 e. The number of ether oxygens (including phenoxy) is 1. The summed E-state index contributed by atoms with van der Waals surface area (Å²) in [6.07, 6.45) is 8.71. The van der Waals surface area contributed by atoms with Crippen molar-refractivity contribution in [1.82, 2.24) is 0 Å². The third-order valence-electron chi connectivity index (χ3n) is 6.13. The Morgan fingerprint density at radius 2 is 1.82 bits per heavy atom. The summed E-state index contributed by atoms with van der Waals surface area (Å²) >= 11 is 0. The number of nitrogens with zero attached hydrogens (tertiary/aromatic N) is 1. The highest BCUT2D eigenvalue weighted by atomic mass is 16.6. The van der Waals surface area contributed by atoms with E-state index < -0.39 is 11.7 Å². The lowest BCUT2D eigenvalue weighted by molar-refractivity contribution is 0.0584. The van der Waals surface area contributed by atoms with Gasteiger partial charge in [-0.1, -0.05) is 56.2 Å². The van der Waals surface area contributed by atoms with Gasteiger partial charge in [0.2, 0.25) is 0 Å². The third-order valence-corrected chi connectivity index (χ3v) is 6.13. The molecule has 1 aliphatic carbocycles. The Morgan fingerprint density at radius 3 is 2.53 bits per heavy atom. The predicted octanol–water partition coefficient (Wildman–Crippen LogP) is 7.19. The number of unbranched alkanes of at least 4 members (excludes halogenated alkanes) is 3. The van der Waals surface area contributed by atoms with Crippen LogP contribution in [0.15, 0.2) is 36.4 Å². The van der Waals surface area contributed by atoms with Crippen molar-refractivity contribution >= 4 is 11.8 Å². The molecule has 1 aliphatic rings. The zero-order chi connectivity index (χ0) is 24.6. The monoisotopic (exact) mass is 461 g/mol. The van der Waals surface area contributed by atoms with Gasteiger partial charge in [0.1, 0.15) is 11.4 Å². The number of rotatable bonds is 7. The van der Waals surface area contributed by atoms with Crippen LogP contribution in [0.2, 0.25) is 0 Å². The van der Waals surface area contributed by atoms with Crippen molar-refractivity contribution in [3.05, 3.63) is 58.7 Å².